The van der Waals surface area contributed by atoms with Gasteiger partial charge in [0.25, 0.3) is 0 Å². The fraction of sp³-hybridized carbons (Fsp3) is 0.500. The molecule has 1 saturated heterocycles. The maximum Gasteiger partial charge on any atom is 0.129 e. The number of hydrogen-bond acceptors (Lipinski definition) is 2. The zero-order valence-electron chi connectivity index (χ0n) is 10.2. The molecule has 1 aliphatic rings. The van der Waals surface area contributed by atoms with Gasteiger partial charge in [0, 0.05) is 36.8 Å². The second-order valence-electron chi connectivity index (χ2n) is 4.09. The summed E-state index contributed by atoms with van der Waals surface area (Å²) >= 11 is 5.97. The van der Waals surface area contributed by atoms with E-state index >= 15 is 0 Å². The van der Waals surface area contributed by atoms with E-state index < -0.39 is 18.5 Å². The summed E-state index contributed by atoms with van der Waals surface area (Å²) in [6.07, 6.45) is 0. The van der Waals surface area contributed by atoms with Crippen molar-refractivity contribution in [1.82, 2.24) is 10.2 Å². The van der Waals surface area contributed by atoms with Crippen LogP contribution in [0.25, 0.3) is 0 Å². The number of hydrogen-bond donors (Lipinski definition) is 1. The molecule has 0 radical (unpaired) electrons. The summed E-state index contributed by atoms with van der Waals surface area (Å²) in [6, 6.07) is 3.89. The molecule has 1 N–H and O–H groups in total. The topological polar surface area (TPSA) is 15.3 Å². The van der Waals surface area contributed by atoms with E-state index in [1.807, 2.05) is 4.90 Å². The molecule has 0 unspecified atom stereocenters. The minimum absolute atomic E-state index is 0. The number of nitrogens with zero attached hydrogens (tertiary/aromatic N) is 1. The smallest absolute Gasteiger partial charge is 0.129 e. The van der Waals surface area contributed by atoms with Crippen LogP contribution in [-0.2, 0) is 0 Å². The average Bonchev–Trinajstić information content (AvgIpc) is 2.35. The van der Waals surface area contributed by atoms with Crippen LogP contribution in [0.3, 0.4) is 0 Å². The van der Waals surface area contributed by atoms with Crippen molar-refractivity contribution in [3.63, 3.8) is 0 Å². The molecule has 2 nitrogen and oxygen atoms in total. The van der Waals surface area contributed by atoms with Gasteiger partial charge in [-0.1, -0.05) is 17.7 Å². The number of rotatable bonds is 3. The fourth-order valence-corrected chi connectivity index (χ4v) is 2.47. The Bertz CT molecular complexity index is 367. The average molecular weight is 334 g/mol. The maximum absolute atomic E-state index is 13.7. The zero-order chi connectivity index (χ0) is 12.3. The van der Waals surface area contributed by atoms with Crippen LogP contribution in [0.4, 0.5) is 8.78 Å². The summed E-state index contributed by atoms with van der Waals surface area (Å²) < 4.78 is 26.9. The lowest BCUT2D eigenvalue weighted by Gasteiger charge is -2.34. The van der Waals surface area contributed by atoms with Crippen LogP contribution in [0, 0.1) is 5.82 Å². The Morgan fingerprint density at radius 3 is 2.42 bits per heavy atom. The van der Waals surface area contributed by atoms with Crippen LogP contribution in [0.5, 0.6) is 0 Å². The van der Waals surface area contributed by atoms with Gasteiger partial charge >= 0.3 is 0 Å². The molecule has 0 aromatic heterocycles. The first-order valence-corrected chi connectivity index (χ1v) is 6.06. The van der Waals surface area contributed by atoms with Crippen molar-refractivity contribution in [1.29, 1.82) is 0 Å². The lowest BCUT2D eigenvalue weighted by atomic mass is 10.0. The second kappa shape index (κ2) is 8.93. The first kappa shape index (κ1) is 18.9. The summed E-state index contributed by atoms with van der Waals surface area (Å²) in [6.45, 7) is 2.38. The molecule has 1 fully saturated rings. The van der Waals surface area contributed by atoms with Crippen LogP contribution < -0.4 is 5.32 Å². The molecular weight excluding hydrogens is 317 g/mol. The van der Waals surface area contributed by atoms with E-state index in [0.717, 1.165) is 13.1 Å². The highest BCUT2D eigenvalue weighted by atomic mass is 35.5. The third-order valence-electron chi connectivity index (χ3n) is 3.07. The third kappa shape index (κ3) is 4.43. The molecule has 0 amide bonds. The van der Waals surface area contributed by atoms with Gasteiger partial charge in [-0.3, -0.25) is 4.90 Å². The number of alkyl halides is 1. The van der Waals surface area contributed by atoms with Crippen molar-refractivity contribution in [2.24, 2.45) is 0 Å². The van der Waals surface area contributed by atoms with Gasteiger partial charge in [-0.05, 0) is 12.1 Å². The Hall–Kier alpha value is -0.130. The summed E-state index contributed by atoms with van der Waals surface area (Å²) in [4.78, 5) is 1.93. The minimum atomic E-state index is -0.624. The molecule has 2 rings (SSSR count). The van der Waals surface area contributed by atoms with Crippen LogP contribution in [-0.4, -0.2) is 37.8 Å². The molecule has 19 heavy (non-hydrogen) atoms. The van der Waals surface area contributed by atoms with Gasteiger partial charge in [0.15, 0.2) is 0 Å². The van der Waals surface area contributed by atoms with Crippen LogP contribution in [0.1, 0.15) is 11.6 Å². The van der Waals surface area contributed by atoms with Crippen LogP contribution in [0.2, 0.25) is 5.02 Å². The highest BCUT2D eigenvalue weighted by Crippen LogP contribution is 2.30. The molecule has 0 bridgehead atoms. The molecule has 1 atom stereocenters. The fourth-order valence-electron chi connectivity index (χ4n) is 2.18. The predicted molar refractivity (Wildman–Crippen MR) is 79.1 cm³/mol. The molecule has 0 aliphatic carbocycles. The van der Waals surface area contributed by atoms with E-state index in [9.17, 15) is 8.78 Å². The summed E-state index contributed by atoms with van der Waals surface area (Å²) in [5.41, 5.74) is 0.276. The van der Waals surface area contributed by atoms with E-state index in [1.54, 1.807) is 6.07 Å². The largest absolute Gasteiger partial charge is 0.314 e. The van der Waals surface area contributed by atoms with Gasteiger partial charge in [0.2, 0.25) is 0 Å². The highest BCUT2D eigenvalue weighted by molar-refractivity contribution is 6.31. The monoisotopic (exact) mass is 332 g/mol. The molecule has 0 spiro atoms. The standard InChI is InChI=1S/C12H15ClF2N2.2ClH/c13-9-2-1-3-10(15)12(9)11(8-14)17-6-4-16-5-7-17;;/h1-3,11,16H,4-8H2;2*1H/t11-;;/m1../s1. The SMILES string of the molecule is Cl.Cl.FC[C@H](c1c(F)cccc1Cl)N1CCNCC1. The van der Waals surface area contributed by atoms with Crippen molar-refractivity contribution < 1.29 is 8.78 Å². The maximum atomic E-state index is 13.7. The molecule has 7 heteroatoms. The van der Waals surface area contributed by atoms with E-state index in [0.29, 0.717) is 18.1 Å². The van der Waals surface area contributed by atoms with Crippen molar-refractivity contribution in [3.05, 3.63) is 34.6 Å². The van der Waals surface area contributed by atoms with E-state index in [-0.39, 0.29) is 30.4 Å². The number of benzene rings is 1. The van der Waals surface area contributed by atoms with E-state index in [1.165, 1.54) is 12.1 Å². The third-order valence-corrected chi connectivity index (χ3v) is 3.40. The summed E-state index contributed by atoms with van der Waals surface area (Å²) in [5.74, 6) is -0.432. The molecule has 1 aliphatic heterocycles. The Morgan fingerprint density at radius 2 is 1.89 bits per heavy atom. The van der Waals surface area contributed by atoms with Crippen LogP contribution in [0.15, 0.2) is 18.2 Å². The first-order chi connectivity index (χ1) is 8.24. The minimum Gasteiger partial charge on any atom is -0.314 e. The second-order valence-corrected chi connectivity index (χ2v) is 4.50. The lowest BCUT2D eigenvalue weighted by Crippen LogP contribution is -2.46. The van der Waals surface area contributed by atoms with Gasteiger partial charge in [0.05, 0.1) is 6.04 Å². The van der Waals surface area contributed by atoms with Gasteiger partial charge in [-0.15, -0.1) is 24.8 Å². The molecule has 1 aromatic rings. The number of piperazine rings is 1. The molecule has 1 aromatic carbocycles. The summed E-state index contributed by atoms with van der Waals surface area (Å²) in [7, 11) is 0. The van der Waals surface area contributed by atoms with Crippen molar-refractivity contribution in [2.75, 3.05) is 32.9 Å². The van der Waals surface area contributed by atoms with E-state index in [4.69, 9.17) is 11.6 Å². The van der Waals surface area contributed by atoms with Gasteiger partial charge in [-0.25, -0.2) is 8.78 Å². The van der Waals surface area contributed by atoms with Gasteiger partial charge in [0.1, 0.15) is 12.5 Å². The number of nitrogens with one attached hydrogen (secondary N) is 1. The molecule has 110 valence electrons. The van der Waals surface area contributed by atoms with Crippen molar-refractivity contribution in [3.8, 4) is 0 Å². The highest BCUT2D eigenvalue weighted by Gasteiger charge is 2.26. The van der Waals surface area contributed by atoms with E-state index in [2.05, 4.69) is 5.32 Å². The predicted octanol–water partition coefficient (Wildman–Crippen LogP) is 3.24. The summed E-state index contributed by atoms with van der Waals surface area (Å²) in [5, 5.41) is 3.48. The molecule has 0 saturated carbocycles. The van der Waals surface area contributed by atoms with Crippen LogP contribution >= 0.6 is 36.4 Å². The van der Waals surface area contributed by atoms with Gasteiger partial charge < -0.3 is 5.32 Å². The van der Waals surface area contributed by atoms with Crippen molar-refractivity contribution in [2.45, 2.75) is 6.04 Å². The zero-order valence-corrected chi connectivity index (χ0v) is 12.6. The number of halogens is 5. The first-order valence-electron chi connectivity index (χ1n) is 5.68. The Morgan fingerprint density at radius 1 is 1.26 bits per heavy atom. The Balaban J connectivity index is 0.00000162. The normalized spacial score (nSPS) is 17.2. The quantitative estimate of drug-likeness (QED) is 0.913. The molecular formula is C12H17Cl3F2N2. The molecule has 1 heterocycles. The van der Waals surface area contributed by atoms with Gasteiger partial charge in [-0.2, -0.15) is 0 Å². The van der Waals surface area contributed by atoms with Crippen molar-refractivity contribution >= 4 is 36.4 Å². The lowest BCUT2D eigenvalue weighted by molar-refractivity contribution is 0.144. The Kier molecular flexibility index (Phi) is 8.86. The Labute approximate surface area is 129 Å².